The number of halogens is 1. The van der Waals surface area contributed by atoms with E-state index in [0.29, 0.717) is 15.8 Å². The predicted octanol–water partition coefficient (Wildman–Crippen LogP) is 3.74. The number of rotatable bonds is 4. The highest BCUT2D eigenvalue weighted by atomic mass is 79.9. The second-order valence-electron chi connectivity index (χ2n) is 4.34. The van der Waals surface area contributed by atoms with Crippen molar-refractivity contribution in [2.75, 3.05) is 0 Å². The van der Waals surface area contributed by atoms with Crippen LogP contribution in [0.3, 0.4) is 0 Å². The van der Waals surface area contributed by atoms with Crippen LogP contribution >= 0.6 is 15.9 Å². The normalized spacial score (nSPS) is 10.2. The summed E-state index contributed by atoms with van der Waals surface area (Å²) in [5.41, 5.74) is 6.68. The van der Waals surface area contributed by atoms with Crippen LogP contribution in [0.25, 0.3) is 0 Å². The first-order valence-corrected chi connectivity index (χ1v) is 6.75. The minimum atomic E-state index is -0.503. The number of nitrogens with zero attached hydrogens (tertiary/aromatic N) is 1. The Bertz CT molecular complexity index is 731. The molecule has 21 heavy (non-hydrogen) atoms. The van der Waals surface area contributed by atoms with E-state index in [-0.39, 0.29) is 17.3 Å². The summed E-state index contributed by atoms with van der Waals surface area (Å²) in [6, 6.07) is 9.55. The van der Waals surface area contributed by atoms with Gasteiger partial charge in [0.25, 0.3) is 0 Å². The molecule has 3 N–H and O–H groups in total. The van der Waals surface area contributed by atoms with Crippen LogP contribution in [0.1, 0.15) is 11.1 Å². The minimum Gasteiger partial charge on any atom is -0.449 e. The molecule has 0 unspecified atom stereocenters. The summed E-state index contributed by atoms with van der Waals surface area (Å²) in [5, 5.41) is 18.5. The van der Waals surface area contributed by atoms with Crippen LogP contribution in [0.5, 0.6) is 11.5 Å². The van der Waals surface area contributed by atoms with Crippen LogP contribution in [0.4, 0.5) is 5.69 Å². The van der Waals surface area contributed by atoms with Crippen molar-refractivity contribution >= 4 is 27.5 Å². The third-order valence-electron chi connectivity index (χ3n) is 2.85. The van der Waals surface area contributed by atoms with E-state index in [4.69, 9.17) is 15.9 Å². The lowest BCUT2D eigenvalue weighted by atomic mass is 10.1. The number of nitrogen functional groups attached to an aromatic ring is 1. The van der Waals surface area contributed by atoms with Crippen molar-refractivity contribution in [1.82, 2.24) is 0 Å². The molecule has 0 amide bonds. The third-order valence-corrected chi connectivity index (χ3v) is 3.48. The van der Waals surface area contributed by atoms with E-state index in [1.807, 2.05) is 0 Å². The summed E-state index contributed by atoms with van der Waals surface area (Å²) < 4.78 is 6.11. The number of aryl methyl sites for hydroxylation is 1. The van der Waals surface area contributed by atoms with Crippen LogP contribution in [0, 0.1) is 22.4 Å². The number of hydrogen-bond donors (Lipinski definition) is 2. The second kappa shape index (κ2) is 5.92. The van der Waals surface area contributed by atoms with Crippen LogP contribution in [0.2, 0.25) is 0 Å². The van der Waals surface area contributed by atoms with Gasteiger partial charge in [0.1, 0.15) is 11.6 Å². The van der Waals surface area contributed by atoms with E-state index in [0.717, 1.165) is 5.56 Å². The van der Waals surface area contributed by atoms with Gasteiger partial charge in [-0.3, -0.25) is 15.5 Å². The minimum absolute atomic E-state index is 0.0362. The van der Waals surface area contributed by atoms with Gasteiger partial charge in [-0.1, -0.05) is 6.07 Å². The van der Waals surface area contributed by atoms with Crippen molar-refractivity contribution in [1.29, 1.82) is 5.41 Å². The molecule has 108 valence electrons. The molecule has 6 nitrogen and oxygen atoms in total. The maximum Gasteiger partial charge on any atom is 0.312 e. The first-order valence-electron chi connectivity index (χ1n) is 5.96. The zero-order chi connectivity index (χ0) is 15.6. The fourth-order valence-corrected chi connectivity index (χ4v) is 2.30. The zero-order valence-corrected chi connectivity index (χ0v) is 12.7. The van der Waals surface area contributed by atoms with E-state index in [1.165, 1.54) is 6.07 Å². The van der Waals surface area contributed by atoms with Gasteiger partial charge in [0.05, 0.1) is 9.40 Å². The number of nitro benzene ring substituents is 1. The number of nitro groups is 1. The Morgan fingerprint density at radius 1 is 1.38 bits per heavy atom. The fraction of sp³-hybridized carbons (Fsp3) is 0.0714. The molecule has 0 aliphatic carbocycles. The van der Waals surface area contributed by atoms with E-state index in [1.54, 1.807) is 37.3 Å². The molecule has 0 atom stereocenters. The van der Waals surface area contributed by atoms with Crippen molar-refractivity contribution in [2.24, 2.45) is 5.73 Å². The maximum atomic E-state index is 11.0. The quantitative estimate of drug-likeness (QED) is 0.379. The highest BCUT2D eigenvalue weighted by Gasteiger charge is 2.19. The molecule has 0 aromatic heterocycles. The molecule has 0 bridgehead atoms. The molecule has 0 saturated heterocycles. The molecule has 0 radical (unpaired) electrons. The number of benzene rings is 2. The number of ether oxygens (including phenoxy) is 1. The van der Waals surface area contributed by atoms with Gasteiger partial charge >= 0.3 is 5.69 Å². The van der Waals surface area contributed by atoms with Gasteiger partial charge in [-0.05, 0) is 52.7 Å². The first kappa shape index (κ1) is 15.0. The second-order valence-corrected chi connectivity index (χ2v) is 5.19. The Balaban J connectivity index is 2.41. The number of nitrogens with two attached hydrogens (primary N) is 1. The predicted molar refractivity (Wildman–Crippen MR) is 83.1 cm³/mol. The van der Waals surface area contributed by atoms with Gasteiger partial charge in [-0.2, -0.15) is 0 Å². The van der Waals surface area contributed by atoms with Crippen LogP contribution in [-0.2, 0) is 0 Å². The molecule has 0 saturated carbocycles. The highest BCUT2D eigenvalue weighted by molar-refractivity contribution is 9.10. The molecule has 2 rings (SSSR count). The number of hydrogen-bond acceptors (Lipinski definition) is 4. The van der Waals surface area contributed by atoms with E-state index >= 15 is 0 Å². The van der Waals surface area contributed by atoms with Gasteiger partial charge in [-0.15, -0.1) is 0 Å². The summed E-state index contributed by atoms with van der Waals surface area (Å²) in [7, 11) is 0. The Hall–Kier alpha value is -2.41. The molecule has 0 aliphatic rings. The van der Waals surface area contributed by atoms with Crippen LogP contribution in [0.15, 0.2) is 40.9 Å². The van der Waals surface area contributed by atoms with Gasteiger partial charge in [-0.25, -0.2) is 0 Å². The first-order chi connectivity index (χ1) is 9.90. The Morgan fingerprint density at radius 3 is 2.67 bits per heavy atom. The SMILES string of the molecule is Cc1cc(Oc2c(Br)cccc2[N+](=O)[O-])ccc1C(=N)N. The number of nitrogens with one attached hydrogen (secondary N) is 1. The number of para-hydroxylation sites is 1. The largest absolute Gasteiger partial charge is 0.449 e. The average molecular weight is 350 g/mol. The summed E-state index contributed by atoms with van der Waals surface area (Å²) in [6.07, 6.45) is 0. The van der Waals surface area contributed by atoms with Gasteiger partial charge in [0, 0.05) is 11.6 Å². The van der Waals surface area contributed by atoms with Crippen LogP contribution in [-0.4, -0.2) is 10.8 Å². The molecular formula is C14H12BrN3O3. The average Bonchev–Trinajstić information content (AvgIpc) is 2.40. The summed E-state index contributed by atoms with van der Waals surface area (Å²) in [4.78, 5) is 10.5. The summed E-state index contributed by atoms with van der Waals surface area (Å²) in [6.45, 7) is 1.79. The molecule has 2 aromatic rings. The van der Waals surface area contributed by atoms with Crippen molar-refractivity contribution in [3.8, 4) is 11.5 Å². The van der Waals surface area contributed by atoms with Crippen molar-refractivity contribution in [3.63, 3.8) is 0 Å². The zero-order valence-electron chi connectivity index (χ0n) is 11.1. The van der Waals surface area contributed by atoms with E-state index < -0.39 is 4.92 Å². The summed E-state index contributed by atoms with van der Waals surface area (Å²) in [5.74, 6) is 0.538. The van der Waals surface area contributed by atoms with E-state index in [2.05, 4.69) is 15.9 Å². The van der Waals surface area contributed by atoms with Crippen molar-refractivity contribution < 1.29 is 9.66 Å². The third kappa shape index (κ3) is 3.19. The monoisotopic (exact) mass is 349 g/mol. The molecule has 7 heteroatoms. The molecule has 0 aliphatic heterocycles. The fourth-order valence-electron chi connectivity index (χ4n) is 1.86. The standard InChI is InChI=1S/C14H12BrN3O3/c1-8-7-9(5-6-10(8)14(16)17)21-13-11(15)3-2-4-12(13)18(19)20/h2-7H,1H3,(H3,16,17). The maximum absolute atomic E-state index is 11.0. The van der Waals surface area contributed by atoms with Gasteiger partial charge in [0.2, 0.25) is 5.75 Å². The molecule has 2 aromatic carbocycles. The van der Waals surface area contributed by atoms with Crippen LogP contribution < -0.4 is 10.5 Å². The summed E-state index contributed by atoms with van der Waals surface area (Å²) >= 11 is 3.25. The Labute approximate surface area is 129 Å². The lowest BCUT2D eigenvalue weighted by Crippen LogP contribution is -2.12. The molecule has 0 heterocycles. The van der Waals surface area contributed by atoms with Gasteiger partial charge < -0.3 is 10.5 Å². The molecule has 0 spiro atoms. The lowest BCUT2D eigenvalue weighted by Gasteiger charge is -2.10. The Morgan fingerprint density at radius 2 is 2.10 bits per heavy atom. The van der Waals surface area contributed by atoms with Crippen molar-refractivity contribution in [3.05, 3.63) is 62.1 Å². The van der Waals surface area contributed by atoms with Gasteiger partial charge in [0.15, 0.2) is 0 Å². The molecule has 0 fully saturated rings. The topological polar surface area (TPSA) is 102 Å². The highest BCUT2D eigenvalue weighted by Crippen LogP contribution is 2.38. The van der Waals surface area contributed by atoms with E-state index in [9.17, 15) is 10.1 Å². The lowest BCUT2D eigenvalue weighted by molar-refractivity contribution is -0.385. The smallest absolute Gasteiger partial charge is 0.312 e. The molecular weight excluding hydrogens is 338 g/mol. The Kier molecular flexibility index (Phi) is 4.23. The number of amidine groups is 1. The van der Waals surface area contributed by atoms with Crippen molar-refractivity contribution in [2.45, 2.75) is 6.92 Å².